The van der Waals surface area contributed by atoms with Crippen LogP contribution in [-0.4, -0.2) is 12.6 Å². The maximum atomic E-state index is 3.76. The molecule has 0 aromatic carbocycles. The van der Waals surface area contributed by atoms with Gasteiger partial charge in [0.05, 0.1) is 0 Å². The van der Waals surface area contributed by atoms with Gasteiger partial charge in [-0.2, -0.15) is 0 Å². The molecular formula is C6H14N. The molecule has 0 fully saturated rings. The Morgan fingerprint density at radius 1 is 1.71 bits per heavy atom. The Hall–Kier alpha value is -0.0400. The highest BCUT2D eigenvalue weighted by atomic mass is 14.9. The average Bonchev–Trinajstić information content (AvgIpc) is 1.61. The van der Waals surface area contributed by atoms with E-state index in [9.17, 15) is 0 Å². The molecule has 1 N–H and O–H groups in total. The first-order chi connectivity index (χ1) is 3.27. The lowest BCUT2D eigenvalue weighted by atomic mass is 10.4. The summed E-state index contributed by atoms with van der Waals surface area (Å²) in [6.45, 7) is 9.05. The maximum Gasteiger partial charge on any atom is 0.00392 e. The summed E-state index contributed by atoms with van der Waals surface area (Å²) in [7, 11) is 0. The van der Waals surface area contributed by atoms with Gasteiger partial charge < -0.3 is 5.32 Å². The zero-order valence-electron chi connectivity index (χ0n) is 5.20. The van der Waals surface area contributed by atoms with Gasteiger partial charge in [0.25, 0.3) is 0 Å². The van der Waals surface area contributed by atoms with Crippen molar-refractivity contribution in [2.45, 2.75) is 26.3 Å². The number of hydrogen-bond donors (Lipinski definition) is 1. The molecule has 0 aliphatic rings. The van der Waals surface area contributed by atoms with E-state index in [-0.39, 0.29) is 0 Å². The van der Waals surface area contributed by atoms with Crippen LogP contribution in [0.1, 0.15) is 20.3 Å². The summed E-state index contributed by atoms with van der Waals surface area (Å²) < 4.78 is 0. The van der Waals surface area contributed by atoms with Gasteiger partial charge in [0.15, 0.2) is 0 Å². The summed E-state index contributed by atoms with van der Waals surface area (Å²) in [4.78, 5) is 0. The van der Waals surface area contributed by atoms with Crippen LogP contribution in [0.2, 0.25) is 0 Å². The van der Waals surface area contributed by atoms with Crippen LogP contribution in [0, 0.1) is 6.92 Å². The van der Waals surface area contributed by atoms with Gasteiger partial charge >= 0.3 is 0 Å². The van der Waals surface area contributed by atoms with E-state index in [1.807, 2.05) is 0 Å². The van der Waals surface area contributed by atoms with E-state index >= 15 is 0 Å². The van der Waals surface area contributed by atoms with E-state index in [0.29, 0.717) is 6.04 Å². The predicted octanol–water partition coefficient (Wildman–Crippen LogP) is 1.21. The molecule has 0 aliphatic carbocycles. The fourth-order valence-corrected chi connectivity index (χ4v) is 0.391. The molecule has 43 valence electrons. The highest BCUT2D eigenvalue weighted by Crippen LogP contribution is 1.75. The van der Waals surface area contributed by atoms with Crippen LogP contribution >= 0.6 is 0 Å². The van der Waals surface area contributed by atoms with Gasteiger partial charge in [-0.05, 0) is 26.8 Å². The van der Waals surface area contributed by atoms with Crippen molar-refractivity contribution in [1.82, 2.24) is 5.32 Å². The molecular weight excluding hydrogens is 86.1 g/mol. The van der Waals surface area contributed by atoms with E-state index < -0.39 is 0 Å². The lowest BCUT2D eigenvalue weighted by Crippen LogP contribution is -2.23. The molecule has 0 amide bonds. The Morgan fingerprint density at radius 3 is 2.43 bits per heavy atom. The number of nitrogens with one attached hydrogen (secondary N) is 1. The van der Waals surface area contributed by atoms with Crippen molar-refractivity contribution >= 4 is 0 Å². The van der Waals surface area contributed by atoms with Crippen LogP contribution in [-0.2, 0) is 0 Å². The monoisotopic (exact) mass is 100 g/mol. The minimum Gasteiger partial charge on any atom is -0.314 e. The summed E-state index contributed by atoms with van der Waals surface area (Å²) in [6.07, 6.45) is 1.19. The van der Waals surface area contributed by atoms with E-state index in [4.69, 9.17) is 0 Å². The summed E-state index contributed by atoms with van der Waals surface area (Å²) >= 11 is 0. The van der Waals surface area contributed by atoms with E-state index in [1.54, 1.807) is 0 Å². The van der Waals surface area contributed by atoms with Crippen molar-refractivity contribution in [2.24, 2.45) is 0 Å². The molecule has 0 spiro atoms. The van der Waals surface area contributed by atoms with Crippen molar-refractivity contribution < 1.29 is 0 Å². The van der Waals surface area contributed by atoms with Crippen molar-refractivity contribution in [3.8, 4) is 0 Å². The zero-order valence-corrected chi connectivity index (χ0v) is 5.20. The number of rotatable bonds is 3. The molecule has 0 heterocycles. The molecule has 0 rings (SSSR count). The number of hydrogen-bond acceptors (Lipinski definition) is 1. The minimum absolute atomic E-state index is 0.403. The summed E-state index contributed by atoms with van der Waals surface area (Å²) in [5.74, 6) is 0. The first-order valence-corrected chi connectivity index (χ1v) is 2.83. The smallest absolute Gasteiger partial charge is 0.00392 e. The second-order valence-electron chi connectivity index (χ2n) is 1.86. The molecule has 1 unspecified atom stereocenters. The van der Waals surface area contributed by atoms with Crippen molar-refractivity contribution in [1.29, 1.82) is 0 Å². The van der Waals surface area contributed by atoms with Crippen molar-refractivity contribution in [3.05, 3.63) is 6.92 Å². The highest BCUT2D eigenvalue weighted by Gasteiger charge is 1.85. The third-order valence-corrected chi connectivity index (χ3v) is 0.743. The minimum atomic E-state index is 0.403. The van der Waals surface area contributed by atoms with Gasteiger partial charge in [-0.3, -0.25) is 0 Å². The quantitative estimate of drug-likeness (QED) is 0.562. The molecule has 1 nitrogen and oxygen atoms in total. The molecule has 0 bridgehead atoms. The van der Waals surface area contributed by atoms with E-state index in [0.717, 1.165) is 6.54 Å². The Morgan fingerprint density at radius 2 is 2.29 bits per heavy atom. The predicted molar refractivity (Wildman–Crippen MR) is 33.1 cm³/mol. The molecule has 0 saturated carbocycles. The second kappa shape index (κ2) is 4.13. The molecule has 0 aliphatic heterocycles. The van der Waals surface area contributed by atoms with Crippen LogP contribution in [0.5, 0.6) is 0 Å². The van der Waals surface area contributed by atoms with Crippen LogP contribution < -0.4 is 5.32 Å². The van der Waals surface area contributed by atoms with Crippen molar-refractivity contribution in [2.75, 3.05) is 6.54 Å². The van der Waals surface area contributed by atoms with Crippen LogP contribution in [0.4, 0.5) is 0 Å². The van der Waals surface area contributed by atoms with Gasteiger partial charge in [-0.1, -0.05) is 6.92 Å². The van der Waals surface area contributed by atoms with E-state index in [2.05, 4.69) is 26.1 Å². The highest BCUT2D eigenvalue weighted by molar-refractivity contribution is 4.59. The van der Waals surface area contributed by atoms with Gasteiger partial charge in [0.1, 0.15) is 0 Å². The lowest BCUT2D eigenvalue weighted by molar-refractivity contribution is 0.621. The fraction of sp³-hybridized carbons (Fsp3) is 0.833. The maximum absolute atomic E-state index is 3.76. The molecule has 0 aromatic heterocycles. The molecule has 0 saturated heterocycles. The molecule has 1 atom stereocenters. The SMILES string of the molecule is [CH2]C(C)NCCC. The molecule has 0 aromatic rings. The first kappa shape index (κ1) is 6.96. The lowest BCUT2D eigenvalue weighted by Gasteiger charge is -2.03. The van der Waals surface area contributed by atoms with Gasteiger partial charge in [0.2, 0.25) is 0 Å². The standard InChI is InChI=1S/C6H14N/c1-4-5-7-6(2)3/h6-7H,2,4-5H2,1,3H3. The topological polar surface area (TPSA) is 12.0 Å². The van der Waals surface area contributed by atoms with E-state index in [1.165, 1.54) is 6.42 Å². The largest absolute Gasteiger partial charge is 0.314 e. The zero-order chi connectivity index (χ0) is 5.70. The van der Waals surface area contributed by atoms with Gasteiger partial charge in [0, 0.05) is 6.04 Å². The third kappa shape index (κ3) is 5.96. The van der Waals surface area contributed by atoms with Crippen LogP contribution in [0.15, 0.2) is 0 Å². The Labute approximate surface area is 46.1 Å². The Bertz CT molecular complexity index is 33.2. The second-order valence-corrected chi connectivity index (χ2v) is 1.86. The third-order valence-electron chi connectivity index (χ3n) is 0.743. The van der Waals surface area contributed by atoms with Crippen molar-refractivity contribution in [3.63, 3.8) is 0 Å². The molecule has 7 heavy (non-hydrogen) atoms. The summed E-state index contributed by atoms with van der Waals surface area (Å²) in [5, 5.41) is 3.18. The first-order valence-electron chi connectivity index (χ1n) is 2.83. The average molecular weight is 100 g/mol. The fourth-order valence-electron chi connectivity index (χ4n) is 0.391. The summed E-state index contributed by atoms with van der Waals surface area (Å²) in [6, 6.07) is 0.403. The Balaban J connectivity index is 2.68. The van der Waals surface area contributed by atoms with Gasteiger partial charge in [-0.25, -0.2) is 0 Å². The Kier molecular flexibility index (Phi) is 4.10. The van der Waals surface area contributed by atoms with Gasteiger partial charge in [-0.15, -0.1) is 0 Å². The molecule has 1 heteroatoms. The van der Waals surface area contributed by atoms with Crippen LogP contribution in [0.3, 0.4) is 0 Å². The molecule has 1 radical (unpaired) electrons. The van der Waals surface area contributed by atoms with Crippen LogP contribution in [0.25, 0.3) is 0 Å². The summed E-state index contributed by atoms with van der Waals surface area (Å²) in [5.41, 5.74) is 0. The normalized spacial score (nSPS) is 10.3.